The van der Waals surface area contributed by atoms with E-state index in [1.807, 2.05) is 25.1 Å². The Kier molecular flexibility index (Phi) is 9.89. The highest BCUT2D eigenvalue weighted by atomic mass is 32.2. The third-order valence-corrected chi connectivity index (χ3v) is 10.0. The lowest BCUT2D eigenvalue weighted by atomic mass is 10.1. The van der Waals surface area contributed by atoms with Crippen LogP contribution in [0.15, 0.2) is 47.4 Å². The zero-order chi connectivity index (χ0) is 28.0. The van der Waals surface area contributed by atoms with Crippen LogP contribution in [0.5, 0.6) is 5.75 Å². The Morgan fingerprint density at radius 2 is 1.82 bits per heavy atom. The summed E-state index contributed by atoms with van der Waals surface area (Å²) in [4.78, 5) is 2.35. The molecule has 216 valence electrons. The number of ether oxygens (including phenoxy) is 3. The summed E-state index contributed by atoms with van der Waals surface area (Å²) in [5.74, 6) is 0.583. The van der Waals surface area contributed by atoms with E-state index >= 15 is 0 Å². The van der Waals surface area contributed by atoms with Crippen molar-refractivity contribution in [2.24, 2.45) is 0 Å². The normalized spacial score (nSPS) is 20.4. The maximum absolute atomic E-state index is 13.6. The van der Waals surface area contributed by atoms with Gasteiger partial charge in [0.15, 0.2) is 0 Å². The summed E-state index contributed by atoms with van der Waals surface area (Å²) in [6, 6.07) is 12.4. The Bertz CT molecular complexity index is 1320. The molecule has 10 nitrogen and oxygen atoms in total. The number of aryl methyl sites for hydroxylation is 1. The van der Waals surface area contributed by atoms with Gasteiger partial charge in [-0.1, -0.05) is 23.8 Å². The van der Waals surface area contributed by atoms with E-state index in [1.165, 1.54) is 19.1 Å². The van der Waals surface area contributed by atoms with Gasteiger partial charge in [0.2, 0.25) is 10.0 Å². The second-order valence-corrected chi connectivity index (χ2v) is 13.6. The van der Waals surface area contributed by atoms with Gasteiger partial charge in [0.25, 0.3) is 10.1 Å². The number of fused-ring (bicyclic) bond motifs is 1. The van der Waals surface area contributed by atoms with Gasteiger partial charge in [-0.3, -0.25) is 0 Å². The minimum atomic E-state index is -4.02. The number of methoxy groups -OCH3 is 1. The first-order valence-electron chi connectivity index (χ1n) is 13.2. The van der Waals surface area contributed by atoms with Crippen molar-refractivity contribution in [1.29, 1.82) is 0 Å². The molecule has 0 aromatic heterocycles. The molecule has 2 aromatic carbocycles. The Hall–Kier alpha value is -2.22. The number of hydrogen-bond donors (Lipinski definition) is 0. The van der Waals surface area contributed by atoms with Crippen molar-refractivity contribution < 1.29 is 35.2 Å². The number of benzene rings is 2. The third-order valence-electron chi connectivity index (χ3n) is 6.92. The topological polar surface area (TPSA) is 112 Å². The van der Waals surface area contributed by atoms with Gasteiger partial charge in [-0.15, -0.1) is 0 Å². The molecule has 0 saturated carbocycles. The maximum Gasteiger partial charge on any atom is 0.268 e. The van der Waals surface area contributed by atoms with Gasteiger partial charge in [-0.05, 0) is 62.9 Å². The number of rotatable bonds is 12. The number of anilines is 1. The van der Waals surface area contributed by atoms with Gasteiger partial charge in [-0.25, -0.2) is 12.6 Å². The summed E-state index contributed by atoms with van der Waals surface area (Å²) in [5, 5.41) is 0. The van der Waals surface area contributed by atoms with Crippen LogP contribution in [0.25, 0.3) is 0 Å². The van der Waals surface area contributed by atoms with E-state index in [9.17, 15) is 16.8 Å². The highest BCUT2D eigenvalue weighted by molar-refractivity contribution is 7.89. The van der Waals surface area contributed by atoms with Crippen LogP contribution < -0.4 is 9.64 Å². The van der Waals surface area contributed by atoms with Crippen molar-refractivity contribution in [3.05, 3.63) is 53.6 Å². The minimum Gasteiger partial charge on any atom is -0.490 e. The van der Waals surface area contributed by atoms with Crippen LogP contribution in [0.1, 0.15) is 37.3 Å². The molecule has 2 aromatic rings. The van der Waals surface area contributed by atoms with Gasteiger partial charge >= 0.3 is 0 Å². The minimum absolute atomic E-state index is 0.0166. The molecule has 2 unspecified atom stereocenters. The summed E-state index contributed by atoms with van der Waals surface area (Å²) in [6.07, 6.45) is 0.00430. The van der Waals surface area contributed by atoms with Crippen molar-refractivity contribution in [3.63, 3.8) is 0 Å². The lowest BCUT2D eigenvalue weighted by molar-refractivity contribution is -0.0427. The van der Waals surface area contributed by atoms with E-state index in [2.05, 4.69) is 4.90 Å². The zero-order valence-corrected chi connectivity index (χ0v) is 24.4. The molecule has 0 amide bonds. The molecule has 1 saturated heterocycles. The van der Waals surface area contributed by atoms with Crippen LogP contribution in [0, 0.1) is 6.92 Å². The van der Waals surface area contributed by atoms with Gasteiger partial charge in [-0.2, -0.15) is 12.7 Å². The van der Waals surface area contributed by atoms with Crippen molar-refractivity contribution in [2.75, 3.05) is 50.6 Å². The van der Waals surface area contributed by atoms with E-state index in [1.54, 1.807) is 19.2 Å². The van der Waals surface area contributed by atoms with Crippen molar-refractivity contribution >= 4 is 25.8 Å². The molecule has 0 N–H and O–H groups in total. The fourth-order valence-electron chi connectivity index (χ4n) is 4.70. The largest absolute Gasteiger partial charge is 0.490 e. The molecular weight excluding hydrogens is 544 g/mol. The molecule has 1 fully saturated rings. The molecule has 2 heterocycles. The van der Waals surface area contributed by atoms with Gasteiger partial charge < -0.3 is 19.1 Å². The number of sulfonamides is 1. The van der Waals surface area contributed by atoms with Crippen LogP contribution in [-0.4, -0.2) is 79.2 Å². The highest BCUT2D eigenvalue weighted by Gasteiger charge is 2.40. The van der Waals surface area contributed by atoms with E-state index in [-0.39, 0.29) is 30.2 Å². The smallest absolute Gasteiger partial charge is 0.268 e. The molecule has 4 rings (SSSR count). The Morgan fingerprint density at radius 3 is 2.54 bits per heavy atom. The van der Waals surface area contributed by atoms with Gasteiger partial charge in [0, 0.05) is 26.8 Å². The monoisotopic (exact) mass is 582 g/mol. The van der Waals surface area contributed by atoms with Crippen LogP contribution in [0.4, 0.5) is 5.69 Å². The van der Waals surface area contributed by atoms with Crippen LogP contribution in [0.3, 0.4) is 0 Å². The molecule has 2 aliphatic heterocycles. The summed E-state index contributed by atoms with van der Waals surface area (Å²) in [7, 11) is -6.20. The van der Waals surface area contributed by atoms with Crippen molar-refractivity contribution in [2.45, 2.75) is 56.9 Å². The second-order valence-electron chi connectivity index (χ2n) is 9.78. The maximum atomic E-state index is 13.6. The van der Waals surface area contributed by atoms with Crippen LogP contribution in [-0.2, 0) is 40.4 Å². The number of hydrogen-bond acceptors (Lipinski definition) is 9. The number of nitrogens with zero attached hydrogens (tertiary/aromatic N) is 2. The average Bonchev–Trinajstić information content (AvgIpc) is 2.92. The second kappa shape index (κ2) is 13.0. The molecule has 0 spiro atoms. The first-order valence-corrected chi connectivity index (χ1v) is 16.3. The predicted molar refractivity (Wildman–Crippen MR) is 148 cm³/mol. The molecule has 39 heavy (non-hydrogen) atoms. The van der Waals surface area contributed by atoms with Gasteiger partial charge in [0.05, 0.1) is 35.6 Å². The van der Waals surface area contributed by atoms with E-state index < -0.39 is 32.5 Å². The molecular formula is C27H38N2O8S2. The fraction of sp³-hybridized carbons (Fsp3) is 0.556. The van der Waals surface area contributed by atoms with Crippen molar-refractivity contribution in [3.8, 4) is 5.75 Å². The van der Waals surface area contributed by atoms with Gasteiger partial charge in [0.1, 0.15) is 18.6 Å². The van der Waals surface area contributed by atoms with Crippen LogP contribution in [0.2, 0.25) is 0 Å². The van der Waals surface area contributed by atoms with Crippen LogP contribution >= 0.6 is 0 Å². The summed E-state index contributed by atoms with van der Waals surface area (Å²) >= 11 is 0. The number of piperidine rings is 1. The molecule has 2 aliphatic rings. The quantitative estimate of drug-likeness (QED) is 0.275. The Balaban J connectivity index is 1.49. The average molecular weight is 583 g/mol. The lowest BCUT2D eigenvalue weighted by Crippen LogP contribution is -2.51. The SMILES string of the molecule is CCS(=O)(=O)OC1CCC(OCc2ccc3c(c2)N(CCCOC)CCO3)CN1S(=O)(=O)c1ccc(C)cc1. The Morgan fingerprint density at radius 1 is 1.05 bits per heavy atom. The first-order chi connectivity index (χ1) is 18.6. The summed E-state index contributed by atoms with van der Waals surface area (Å²) in [5.41, 5.74) is 2.86. The Labute approximate surface area is 232 Å². The first kappa shape index (κ1) is 29.8. The fourth-order valence-corrected chi connectivity index (χ4v) is 7.00. The molecule has 0 aliphatic carbocycles. The standard InChI is InChI=1S/C27H38N2O8S2/c1-4-38(30,31)37-27-13-9-23(19-29(27)39(32,33)24-10-6-21(2)7-11-24)36-20-22-8-12-26-25(18-22)28(15-17-35-26)14-5-16-34-3/h6-8,10-12,18,23,27H,4-5,9,13-17,19-20H2,1-3H3. The van der Waals surface area contributed by atoms with E-state index in [4.69, 9.17) is 18.4 Å². The van der Waals surface area contributed by atoms with E-state index in [0.717, 1.165) is 46.4 Å². The molecule has 0 bridgehead atoms. The highest BCUT2D eigenvalue weighted by Crippen LogP contribution is 2.34. The molecule has 12 heteroatoms. The van der Waals surface area contributed by atoms with Crippen molar-refractivity contribution in [1.82, 2.24) is 4.31 Å². The molecule has 0 radical (unpaired) electrons. The third kappa shape index (κ3) is 7.50. The lowest BCUT2D eigenvalue weighted by Gasteiger charge is -2.37. The van der Waals surface area contributed by atoms with E-state index in [0.29, 0.717) is 19.6 Å². The summed E-state index contributed by atoms with van der Waals surface area (Å²) < 4.78 is 75.3. The summed E-state index contributed by atoms with van der Waals surface area (Å²) in [6.45, 7) is 6.54. The predicted octanol–water partition coefficient (Wildman–Crippen LogP) is 3.29. The zero-order valence-electron chi connectivity index (χ0n) is 22.7. The molecule has 2 atom stereocenters.